The molecule has 5 atom stereocenters. The molecule has 1 nitrogen and oxygen atoms in total. The number of hydrogen-bond acceptors (Lipinski definition) is 2. The lowest BCUT2D eigenvalue weighted by Gasteiger charge is -2.27. The summed E-state index contributed by atoms with van der Waals surface area (Å²) in [5, 5.41) is 13.4. The van der Waals surface area contributed by atoms with Crippen LogP contribution in [-0.2, 0) is 6.42 Å². The Labute approximate surface area is 433 Å². The van der Waals surface area contributed by atoms with E-state index in [1.54, 1.807) is 5.57 Å². The van der Waals surface area contributed by atoms with Gasteiger partial charge in [0.1, 0.15) is 0 Å². The molecule has 0 amide bonds. The van der Waals surface area contributed by atoms with Gasteiger partial charge in [0.25, 0.3) is 0 Å². The van der Waals surface area contributed by atoms with Gasteiger partial charge in [0.05, 0.1) is 6.04 Å². The van der Waals surface area contributed by atoms with Crippen LogP contribution in [0.25, 0.3) is 80.0 Å². The number of aryl methyl sites for hydroxylation is 1. The first-order chi connectivity index (χ1) is 36.0. The fourth-order valence-corrected chi connectivity index (χ4v) is 14.7. The first-order valence-corrected chi connectivity index (χ1v) is 27.7. The van der Waals surface area contributed by atoms with Gasteiger partial charge in [-0.3, -0.25) is 4.99 Å². The van der Waals surface area contributed by atoms with Gasteiger partial charge in [-0.25, -0.2) is 0 Å². The fraction of sp³-hybridized carbons (Fsp3) is 0.197. The molecule has 73 heavy (non-hydrogen) atoms. The van der Waals surface area contributed by atoms with Crippen molar-refractivity contribution < 1.29 is 0 Å². The van der Waals surface area contributed by atoms with E-state index in [1.807, 2.05) is 11.3 Å². The van der Waals surface area contributed by atoms with Crippen molar-refractivity contribution in [3.63, 3.8) is 0 Å². The third kappa shape index (κ3) is 7.94. The number of rotatable bonds is 5. The molecule has 1 aromatic heterocycles. The van der Waals surface area contributed by atoms with Crippen molar-refractivity contribution in [1.29, 1.82) is 0 Å². The number of allylic oxidation sites excluding steroid dienone is 4. The zero-order valence-electron chi connectivity index (χ0n) is 41.8. The quantitative estimate of drug-likeness (QED) is 0.152. The van der Waals surface area contributed by atoms with Crippen molar-refractivity contribution in [3.05, 3.63) is 245 Å². The van der Waals surface area contributed by atoms with Crippen LogP contribution in [0.3, 0.4) is 0 Å². The number of nitrogens with zero attached hydrogens (tertiary/aromatic N) is 1. The molecule has 3 aliphatic rings. The molecule has 354 valence electrons. The molecule has 0 fully saturated rings. The number of thiophene rings is 1. The smallest absolute Gasteiger partial charge is 0.0778 e. The minimum atomic E-state index is 0.0138. The highest BCUT2D eigenvalue weighted by atomic mass is 32.1. The molecule has 0 bridgehead atoms. The summed E-state index contributed by atoms with van der Waals surface area (Å²) in [6.07, 6.45) is 12.5. The second-order valence-corrected chi connectivity index (χ2v) is 22.7. The summed E-state index contributed by atoms with van der Waals surface area (Å²) in [5.41, 5.74) is 15.4. The molecule has 14 rings (SSSR count). The molecule has 0 saturated heterocycles. The molecule has 0 saturated carbocycles. The summed E-state index contributed by atoms with van der Waals surface area (Å²) in [4.78, 5) is 6.06. The molecule has 10 aromatic carbocycles. The monoisotopic (exact) mass is 957 g/mol. The molecule has 11 aromatic rings. The Morgan fingerprint density at radius 2 is 1.21 bits per heavy atom. The zero-order chi connectivity index (χ0) is 48.6. The first-order valence-electron chi connectivity index (χ1n) is 26.9. The van der Waals surface area contributed by atoms with E-state index < -0.39 is 0 Å². The van der Waals surface area contributed by atoms with Crippen LogP contribution in [-0.4, -0.2) is 5.71 Å². The summed E-state index contributed by atoms with van der Waals surface area (Å²) in [5.74, 6) is 1.16. The molecule has 0 radical (unpaired) electrons. The van der Waals surface area contributed by atoms with Gasteiger partial charge in [0.15, 0.2) is 0 Å². The van der Waals surface area contributed by atoms with E-state index in [0.717, 1.165) is 44.9 Å². The van der Waals surface area contributed by atoms with Gasteiger partial charge in [-0.05, 0) is 198 Å². The highest BCUT2D eigenvalue weighted by Crippen LogP contribution is 2.50. The minimum absolute atomic E-state index is 0.0138. The SMILES string of the molecule is CC1CC(c2cc(C3CCc4cc5ccccc5cc4C4=C3C=CCC4)cc3sc4cc5ccccc5cc4c23)CCC(C)C(c2ccc3c(ccc4ccccc43)c2)/N=C\1c1cccc(-c2ccccc2)c1. The topological polar surface area (TPSA) is 12.4 Å². The highest BCUT2D eigenvalue weighted by Gasteiger charge is 2.32. The summed E-state index contributed by atoms with van der Waals surface area (Å²) in [6.45, 7) is 4.97. The minimum Gasteiger partial charge on any atom is -0.280 e. The normalized spacial score (nSPS) is 21.2. The summed E-state index contributed by atoms with van der Waals surface area (Å²) < 4.78 is 2.82. The third-order valence-corrected chi connectivity index (χ3v) is 18.3. The third-order valence-electron chi connectivity index (χ3n) is 17.2. The molecule has 1 aliphatic heterocycles. The van der Waals surface area contributed by atoms with Crippen LogP contribution in [0.15, 0.2) is 217 Å². The summed E-state index contributed by atoms with van der Waals surface area (Å²) in [6, 6.07) is 74.0. The van der Waals surface area contributed by atoms with Crippen LogP contribution in [0.5, 0.6) is 0 Å². The van der Waals surface area contributed by atoms with E-state index in [4.69, 9.17) is 4.99 Å². The van der Waals surface area contributed by atoms with Gasteiger partial charge < -0.3 is 0 Å². The summed E-state index contributed by atoms with van der Waals surface area (Å²) >= 11 is 2.01. The van der Waals surface area contributed by atoms with Crippen molar-refractivity contribution >= 4 is 85.9 Å². The van der Waals surface area contributed by atoms with E-state index in [0.29, 0.717) is 17.8 Å². The lowest BCUT2D eigenvalue weighted by Crippen LogP contribution is -2.18. The average Bonchev–Trinajstić information content (AvgIpc) is 3.74. The van der Waals surface area contributed by atoms with E-state index in [2.05, 4.69) is 220 Å². The Kier molecular flexibility index (Phi) is 11.1. The number of aliphatic imine (C=N–C) groups is 1. The highest BCUT2D eigenvalue weighted by molar-refractivity contribution is 7.26. The van der Waals surface area contributed by atoms with E-state index in [1.165, 1.54) is 119 Å². The lowest BCUT2D eigenvalue weighted by atomic mass is 9.77. The fourth-order valence-electron chi connectivity index (χ4n) is 13.5. The van der Waals surface area contributed by atoms with Gasteiger partial charge in [-0.15, -0.1) is 11.3 Å². The van der Waals surface area contributed by atoms with Crippen molar-refractivity contribution in [1.82, 2.24) is 0 Å². The Morgan fingerprint density at radius 3 is 2.05 bits per heavy atom. The zero-order valence-corrected chi connectivity index (χ0v) is 42.6. The largest absolute Gasteiger partial charge is 0.280 e. The molecule has 5 unspecified atom stereocenters. The molecule has 0 spiro atoms. The number of fused-ring (bicyclic) bond motifs is 10. The predicted octanol–water partition coefficient (Wildman–Crippen LogP) is 19.9. The van der Waals surface area contributed by atoms with E-state index in [9.17, 15) is 0 Å². The Balaban J connectivity index is 0.937. The maximum Gasteiger partial charge on any atom is 0.0778 e. The van der Waals surface area contributed by atoms with Gasteiger partial charge in [-0.1, -0.05) is 184 Å². The number of hydrogen-bond donors (Lipinski definition) is 0. The van der Waals surface area contributed by atoms with E-state index in [-0.39, 0.29) is 12.0 Å². The van der Waals surface area contributed by atoms with Crippen LogP contribution >= 0.6 is 11.3 Å². The van der Waals surface area contributed by atoms with Gasteiger partial charge in [-0.2, -0.15) is 0 Å². The maximum atomic E-state index is 6.06. The predicted molar refractivity (Wildman–Crippen MR) is 315 cm³/mol. The molecular weight excluding hydrogens is 899 g/mol. The molecule has 2 aliphatic carbocycles. The Morgan fingerprint density at radius 1 is 0.493 bits per heavy atom. The maximum absolute atomic E-state index is 6.06. The standard InChI is InChI=1S/C71H59NS/c1-44-27-28-53(35-45(2)71(56-23-14-22-48(37-56)46-15-4-3-5-16-46)72-70(44)57-32-34-60-54(38-57)30-29-47-17-10-11-24-59(47)60)65-41-58(43-68-69(65)66-40-51-20-8-9-21-52(51)42-67(66)73-68)61-33-31-55-36-49-18-6-7-19-50(49)39-64(55)63-26-13-12-25-62(61)63/h3-12,14-25,29-30,32,34,36-45,53,61,70H,13,26-28,31,33,35H2,1-2H3/b72-71+. The van der Waals surface area contributed by atoms with Crippen LogP contribution in [0, 0.1) is 11.8 Å². The molecule has 0 N–H and O–H groups in total. The summed E-state index contributed by atoms with van der Waals surface area (Å²) in [7, 11) is 0. The van der Waals surface area contributed by atoms with Crippen molar-refractivity contribution in [3.8, 4) is 11.1 Å². The number of benzene rings is 10. The van der Waals surface area contributed by atoms with Crippen LogP contribution < -0.4 is 0 Å². The lowest BCUT2D eigenvalue weighted by molar-refractivity contribution is 0.404. The van der Waals surface area contributed by atoms with Crippen LogP contribution in [0.2, 0.25) is 0 Å². The second-order valence-electron chi connectivity index (χ2n) is 21.7. The van der Waals surface area contributed by atoms with Gasteiger partial charge >= 0.3 is 0 Å². The molecular formula is C71H59NS. The van der Waals surface area contributed by atoms with Crippen molar-refractivity contribution in [2.75, 3.05) is 0 Å². The van der Waals surface area contributed by atoms with Gasteiger partial charge in [0, 0.05) is 31.8 Å². The van der Waals surface area contributed by atoms with Crippen LogP contribution in [0.1, 0.15) is 104 Å². The van der Waals surface area contributed by atoms with Crippen molar-refractivity contribution in [2.45, 2.75) is 76.7 Å². The van der Waals surface area contributed by atoms with Gasteiger partial charge in [0.2, 0.25) is 0 Å². The molecule has 2 heteroatoms. The van der Waals surface area contributed by atoms with Crippen LogP contribution in [0.4, 0.5) is 0 Å². The second kappa shape index (κ2) is 18.3. The molecule has 2 heterocycles. The van der Waals surface area contributed by atoms with Crippen molar-refractivity contribution in [2.24, 2.45) is 16.8 Å². The Hall–Kier alpha value is -7.39. The first kappa shape index (κ1) is 44.3. The Bertz CT molecular complexity index is 4070. The van der Waals surface area contributed by atoms with E-state index >= 15 is 0 Å². The average molecular weight is 958 g/mol.